The fraction of sp³-hybridized carbons (Fsp3) is 1.00. The first kappa shape index (κ1) is 7.60. The highest BCUT2D eigenvalue weighted by Gasteiger charge is 2.31. The highest BCUT2D eigenvalue weighted by Crippen LogP contribution is 2.31. The minimum atomic E-state index is 0.674. The molecule has 1 atom stereocenters. The predicted octanol–water partition coefficient (Wildman–Crippen LogP) is 2.75. The van der Waals surface area contributed by atoms with Crippen molar-refractivity contribution in [3.63, 3.8) is 0 Å². The van der Waals surface area contributed by atoms with Crippen LogP contribution in [0.25, 0.3) is 0 Å². The summed E-state index contributed by atoms with van der Waals surface area (Å²) in [6.45, 7) is 1.06. The minimum Gasteiger partial charge on any atom is -0.373 e. The van der Waals surface area contributed by atoms with Crippen LogP contribution >= 0.6 is 0 Å². The molecule has 0 aromatic carbocycles. The highest BCUT2D eigenvalue weighted by molar-refractivity contribution is 4.79. The summed E-state index contributed by atoms with van der Waals surface area (Å²) < 4.78 is 5.34. The van der Waals surface area contributed by atoms with Gasteiger partial charge >= 0.3 is 0 Å². The SMILES string of the molecule is C1CCCC(C2CO2)CCC1. The first-order chi connectivity index (χ1) is 5.47. The van der Waals surface area contributed by atoms with Crippen molar-refractivity contribution in [2.75, 3.05) is 6.61 Å². The molecule has 2 aliphatic rings. The van der Waals surface area contributed by atoms with Gasteiger partial charge in [0.05, 0.1) is 12.7 Å². The Morgan fingerprint density at radius 1 is 0.818 bits per heavy atom. The van der Waals surface area contributed by atoms with E-state index in [9.17, 15) is 0 Å². The van der Waals surface area contributed by atoms with E-state index in [0.717, 1.165) is 12.5 Å². The number of hydrogen-bond acceptors (Lipinski definition) is 1. The van der Waals surface area contributed by atoms with Crippen LogP contribution in [0.5, 0.6) is 0 Å². The summed E-state index contributed by atoms with van der Waals surface area (Å²) in [4.78, 5) is 0. The Bertz CT molecular complexity index is 110. The molecule has 64 valence electrons. The average molecular weight is 154 g/mol. The molecular formula is C10H18O. The van der Waals surface area contributed by atoms with Gasteiger partial charge in [0, 0.05) is 0 Å². The van der Waals surface area contributed by atoms with Gasteiger partial charge in [-0.15, -0.1) is 0 Å². The smallest absolute Gasteiger partial charge is 0.0838 e. The van der Waals surface area contributed by atoms with Gasteiger partial charge in [-0.2, -0.15) is 0 Å². The van der Waals surface area contributed by atoms with E-state index >= 15 is 0 Å². The molecule has 2 fully saturated rings. The van der Waals surface area contributed by atoms with Crippen molar-refractivity contribution in [3.05, 3.63) is 0 Å². The summed E-state index contributed by atoms with van der Waals surface area (Å²) >= 11 is 0. The Morgan fingerprint density at radius 3 is 1.91 bits per heavy atom. The Kier molecular flexibility index (Phi) is 2.47. The fourth-order valence-corrected chi connectivity index (χ4v) is 2.19. The van der Waals surface area contributed by atoms with E-state index in [2.05, 4.69) is 0 Å². The van der Waals surface area contributed by atoms with Crippen LogP contribution in [0.4, 0.5) is 0 Å². The third-order valence-corrected chi connectivity index (χ3v) is 3.03. The van der Waals surface area contributed by atoms with Crippen LogP contribution in [0, 0.1) is 5.92 Å². The highest BCUT2D eigenvalue weighted by atomic mass is 16.6. The van der Waals surface area contributed by atoms with Crippen LogP contribution in [-0.2, 0) is 4.74 Å². The normalized spacial score (nSPS) is 34.4. The summed E-state index contributed by atoms with van der Waals surface area (Å²) in [6.07, 6.45) is 10.8. The molecule has 1 heterocycles. The van der Waals surface area contributed by atoms with Crippen molar-refractivity contribution in [2.24, 2.45) is 5.92 Å². The Hall–Kier alpha value is -0.0400. The molecule has 1 saturated heterocycles. The van der Waals surface area contributed by atoms with Crippen molar-refractivity contribution < 1.29 is 4.74 Å². The molecule has 1 nitrogen and oxygen atoms in total. The van der Waals surface area contributed by atoms with Gasteiger partial charge in [-0.05, 0) is 18.8 Å². The van der Waals surface area contributed by atoms with Gasteiger partial charge in [0.25, 0.3) is 0 Å². The van der Waals surface area contributed by atoms with Crippen molar-refractivity contribution in [1.82, 2.24) is 0 Å². The number of hydrogen-bond donors (Lipinski definition) is 0. The Labute approximate surface area is 69.1 Å². The summed E-state index contributed by atoms with van der Waals surface area (Å²) in [5, 5.41) is 0. The van der Waals surface area contributed by atoms with Gasteiger partial charge in [0.1, 0.15) is 0 Å². The molecule has 0 bridgehead atoms. The zero-order valence-corrected chi connectivity index (χ0v) is 7.22. The van der Waals surface area contributed by atoms with Gasteiger partial charge in [0.15, 0.2) is 0 Å². The van der Waals surface area contributed by atoms with Crippen LogP contribution in [-0.4, -0.2) is 12.7 Å². The van der Waals surface area contributed by atoms with Crippen molar-refractivity contribution in [3.8, 4) is 0 Å². The van der Waals surface area contributed by atoms with E-state index in [0.29, 0.717) is 6.10 Å². The molecular weight excluding hydrogens is 136 g/mol. The largest absolute Gasteiger partial charge is 0.373 e. The summed E-state index contributed by atoms with van der Waals surface area (Å²) in [7, 11) is 0. The Morgan fingerprint density at radius 2 is 1.36 bits per heavy atom. The molecule has 0 amide bonds. The second kappa shape index (κ2) is 3.57. The maximum absolute atomic E-state index is 5.34. The summed E-state index contributed by atoms with van der Waals surface area (Å²) in [5.41, 5.74) is 0. The number of epoxide rings is 1. The van der Waals surface area contributed by atoms with Crippen molar-refractivity contribution >= 4 is 0 Å². The maximum atomic E-state index is 5.34. The second-order valence-corrected chi connectivity index (χ2v) is 3.98. The van der Waals surface area contributed by atoms with E-state index in [4.69, 9.17) is 4.74 Å². The van der Waals surface area contributed by atoms with E-state index in [1.54, 1.807) is 0 Å². The van der Waals surface area contributed by atoms with Gasteiger partial charge in [-0.1, -0.05) is 32.1 Å². The molecule has 0 aromatic heterocycles. The number of ether oxygens (including phenoxy) is 1. The minimum absolute atomic E-state index is 0.674. The third kappa shape index (κ3) is 2.19. The van der Waals surface area contributed by atoms with Gasteiger partial charge in [0.2, 0.25) is 0 Å². The molecule has 1 unspecified atom stereocenters. The molecule has 11 heavy (non-hydrogen) atoms. The van der Waals surface area contributed by atoms with Gasteiger partial charge < -0.3 is 4.74 Å². The topological polar surface area (TPSA) is 12.5 Å². The lowest BCUT2D eigenvalue weighted by atomic mass is 9.89. The zero-order valence-electron chi connectivity index (χ0n) is 7.22. The molecule has 2 rings (SSSR count). The second-order valence-electron chi connectivity index (χ2n) is 3.98. The van der Waals surface area contributed by atoms with Crippen LogP contribution in [0.3, 0.4) is 0 Å². The van der Waals surface area contributed by atoms with Crippen molar-refractivity contribution in [2.45, 2.75) is 51.0 Å². The van der Waals surface area contributed by atoms with Crippen LogP contribution in [0.15, 0.2) is 0 Å². The van der Waals surface area contributed by atoms with E-state index in [-0.39, 0.29) is 0 Å². The van der Waals surface area contributed by atoms with Gasteiger partial charge in [-0.25, -0.2) is 0 Å². The molecule has 1 heteroatoms. The lowest BCUT2D eigenvalue weighted by Gasteiger charge is -2.16. The molecule has 1 saturated carbocycles. The predicted molar refractivity (Wildman–Crippen MR) is 45.5 cm³/mol. The average Bonchev–Trinajstić information content (AvgIpc) is 2.68. The first-order valence-electron chi connectivity index (χ1n) is 5.08. The molecule has 1 aliphatic carbocycles. The lowest BCUT2D eigenvalue weighted by molar-refractivity contribution is 0.280. The standard InChI is InChI=1S/C10H18O/c1-2-4-6-9(7-5-3-1)10-8-11-10/h9-10H,1-8H2. The monoisotopic (exact) mass is 154 g/mol. The molecule has 0 aromatic rings. The van der Waals surface area contributed by atoms with Crippen molar-refractivity contribution in [1.29, 1.82) is 0 Å². The molecule has 1 aliphatic heterocycles. The zero-order chi connectivity index (χ0) is 7.52. The fourth-order valence-electron chi connectivity index (χ4n) is 2.19. The van der Waals surface area contributed by atoms with E-state index in [1.807, 2.05) is 0 Å². The summed E-state index contributed by atoms with van der Waals surface area (Å²) in [6, 6.07) is 0. The third-order valence-electron chi connectivity index (χ3n) is 3.03. The first-order valence-corrected chi connectivity index (χ1v) is 5.08. The quantitative estimate of drug-likeness (QED) is 0.529. The van der Waals surface area contributed by atoms with E-state index < -0.39 is 0 Å². The number of rotatable bonds is 1. The van der Waals surface area contributed by atoms with Crippen LogP contribution in [0.1, 0.15) is 44.9 Å². The Balaban J connectivity index is 1.76. The maximum Gasteiger partial charge on any atom is 0.0838 e. The summed E-state index contributed by atoms with van der Waals surface area (Å²) in [5.74, 6) is 0.926. The van der Waals surface area contributed by atoms with Gasteiger partial charge in [-0.3, -0.25) is 0 Å². The lowest BCUT2D eigenvalue weighted by Crippen LogP contribution is -2.09. The van der Waals surface area contributed by atoms with Crippen LogP contribution in [0.2, 0.25) is 0 Å². The molecule has 0 spiro atoms. The molecule has 0 N–H and O–H groups in total. The van der Waals surface area contributed by atoms with Crippen LogP contribution < -0.4 is 0 Å². The van der Waals surface area contributed by atoms with E-state index in [1.165, 1.54) is 44.9 Å². The molecule has 0 radical (unpaired) electrons.